The van der Waals surface area contributed by atoms with Crippen molar-refractivity contribution in [1.29, 1.82) is 0 Å². The maximum atomic E-state index is 14.3. The van der Waals surface area contributed by atoms with Crippen LogP contribution in [0.3, 0.4) is 0 Å². The van der Waals surface area contributed by atoms with Crippen LogP contribution in [0.4, 0.5) is 5.82 Å². The molecule has 11 atom stereocenters. The number of Topliss-reactive ketones (excluding diaryl/α,β-unsaturated/α-hetero) is 1. The predicted octanol–water partition coefficient (Wildman–Crippen LogP) is 7.70. The van der Waals surface area contributed by atoms with Gasteiger partial charge in [-0.3, -0.25) is 28.0 Å². The normalized spacial score (nSPS) is 29.3. The number of aliphatic hydroxyl groups excluding tert-OH is 4. The maximum absolute atomic E-state index is 14.3. The summed E-state index contributed by atoms with van der Waals surface area (Å²) in [7, 11) is -11.3. The zero-order chi connectivity index (χ0) is 55.1. The average molecular weight is 1100 g/mol. The number of hydrogen-bond acceptors (Lipinski definition) is 18. The number of esters is 2. The molecular formula is C52H83N3O18P2. The molecule has 3 heterocycles. The Morgan fingerprint density at radius 1 is 0.840 bits per heavy atom. The van der Waals surface area contributed by atoms with Crippen LogP contribution in [0.15, 0.2) is 77.8 Å². The van der Waals surface area contributed by atoms with Crippen molar-refractivity contribution in [3.63, 3.8) is 0 Å². The second kappa shape index (κ2) is 36.2. The quantitative estimate of drug-likeness (QED) is 0.0253. The number of allylic oxidation sites excluding steroid dienone is 8. The van der Waals surface area contributed by atoms with Gasteiger partial charge in [0.2, 0.25) is 0 Å². The molecule has 23 heteroatoms. The standard InChI is InChI=1S/C52H83N3O18P2/c1-3-5-7-8-9-10-11-12-13-14-15-16-17-18-19-20-26-30-48(60)71-40-36-68-47(59)29-25-22-21-24-28-42-44(58)35-43(57)41(32-31-39(56)27-23-6-4-2)49(61)50(62)45(38-70-75(66,67)73-74(64,65)69-37-40)72-51(42)55-34-33-46(53)54-52(55)63/h5,7,9-10,12-13,15-16,31-34,39-43,45,49-51,56-57,61-62H,3-4,6,8,11,14,17-30,35-38H2,1-2H3,(H,64,65)(H,66,67)(H2,53,54,63)/b7-5-,10-9-,13-12-,16-15-,32-31+/t39-,40+,41-,42-,43+,45+,49-,50+,51+/m0/s1. The van der Waals surface area contributed by atoms with Gasteiger partial charge in [-0.2, -0.15) is 9.29 Å². The minimum atomic E-state index is -5.72. The number of phosphoric ester groups is 2. The van der Waals surface area contributed by atoms with Crippen molar-refractivity contribution in [2.24, 2.45) is 11.8 Å². The maximum Gasteiger partial charge on any atom is 0.481 e. The van der Waals surface area contributed by atoms with E-state index in [-0.39, 0.29) is 25.1 Å². The molecule has 2 saturated heterocycles. The van der Waals surface area contributed by atoms with Crippen molar-refractivity contribution < 1.29 is 81.3 Å². The Balaban J connectivity index is 1.77. The number of aromatic nitrogens is 2. The van der Waals surface area contributed by atoms with Crippen LogP contribution in [-0.2, 0) is 51.1 Å². The molecule has 1 aromatic heterocycles. The molecule has 2 bridgehead atoms. The highest BCUT2D eigenvalue weighted by molar-refractivity contribution is 7.61. The summed E-state index contributed by atoms with van der Waals surface area (Å²) in [5.74, 6) is -4.99. The fourth-order valence-electron chi connectivity index (χ4n) is 8.31. The van der Waals surface area contributed by atoms with Gasteiger partial charge >= 0.3 is 33.3 Å². The van der Waals surface area contributed by atoms with Crippen LogP contribution < -0.4 is 11.4 Å². The third-order valence-electron chi connectivity index (χ3n) is 12.5. The number of unbranched alkanes of at least 4 members (excludes halogenated alkanes) is 6. The van der Waals surface area contributed by atoms with Gasteiger partial charge in [-0.25, -0.2) is 13.9 Å². The zero-order valence-electron chi connectivity index (χ0n) is 43.5. The zero-order valence-corrected chi connectivity index (χ0v) is 45.3. The molecule has 0 aromatic carbocycles. The van der Waals surface area contributed by atoms with Crippen LogP contribution in [0.25, 0.3) is 0 Å². The number of aliphatic hydroxyl groups is 4. The van der Waals surface area contributed by atoms with Gasteiger partial charge < -0.3 is 50.2 Å². The van der Waals surface area contributed by atoms with Crippen LogP contribution in [0, 0.1) is 11.8 Å². The van der Waals surface area contributed by atoms with Gasteiger partial charge in [0.15, 0.2) is 6.10 Å². The number of carbonyl (C=O) groups excluding carboxylic acids is 3. The molecule has 2 aliphatic rings. The van der Waals surface area contributed by atoms with E-state index in [0.29, 0.717) is 51.4 Å². The Labute approximate surface area is 441 Å². The van der Waals surface area contributed by atoms with Crippen LogP contribution in [0.1, 0.15) is 155 Å². The Hall–Kier alpha value is -3.95. The topological polar surface area (TPSA) is 323 Å². The van der Waals surface area contributed by atoms with E-state index in [9.17, 15) is 58.5 Å². The van der Waals surface area contributed by atoms with Gasteiger partial charge in [0.05, 0.1) is 37.4 Å². The van der Waals surface area contributed by atoms with E-state index in [1.165, 1.54) is 18.2 Å². The predicted molar refractivity (Wildman–Crippen MR) is 280 cm³/mol. The number of fused-ring (bicyclic) bond motifs is 3. The molecule has 0 saturated carbocycles. The second-order valence-electron chi connectivity index (χ2n) is 18.8. The third kappa shape index (κ3) is 26.8. The molecule has 8 N–H and O–H groups in total. The summed E-state index contributed by atoms with van der Waals surface area (Å²) < 4.78 is 59.0. The summed E-state index contributed by atoms with van der Waals surface area (Å²) in [4.78, 5) is 78.6. The first kappa shape index (κ1) is 65.3. The molecule has 0 spiro atoms. The van der Waals surface area contributed by atoms with E-state index in [0.717, 1.165) is 68.6 Å². The van der Waals surface area contributed by atoms with Gasteiger partial charge in [0, 0.05) is 31.4 Å². The summed E-state index contributed by atoms with van der Waals surface area (Å²) in [6, 6.07) is 1.23. The lowest BCUT2D eigenvalue weighted by molar-refractivity contribution is -0.184. The lowest BCUT2D eigenvalue weighted by atomic mass is 9.83. The van der Waals surface area contributed by atoms with E-state index in [1.54, 1.807) is 0 Å². The summed E-state index contributed by atoms with van der Waals surface area (Å²) in [6.45, 7) is 1.34. The van der Waals surface area contributed by atoms with E-state index >= 15 is 0 Å². The largest absolute Gasteiger partial charge is 0.481 e. The molecule has 2 unspecified atom stereocenters. The first-order valence-corrected chi connectivity index (χ1v) is 29.4. The van der Waals surface area contributed by atoms with Crippen molar-refractivity contribution in [2.45, 2.75) is 192 Å². The smallest absolute Gasteiger partial charge is 0.462 e. The van der Waals surface area contributed by atoms with E-state index < -0.39 is 120 Å². The summed E-state index contributed by atoms with van der Waals surface area (Å²) >= 11 is 0. The van der Waals surface area contributed by atoms with Crippen LogP contribution in [-0.4, -0.2) is 114 Å². The molecule has 0 amide bonds. The number of ether oxygens (including phenoxy) is 3. The van der Waals surface area contributed by atoms with Crippen LogP contribution >= 0.6 is 15.6 Å². The number of cyclic esters (lactones) is 1. The molecular weight excluding hydrogens is 1020 g/mol. The van der Waals surface area contributed by atoms with Gasteiger partial charge in [0.1, 0.15) is 36.6 Å². The molecule has 1 aromatic rings. The van der Waals surface area contributed by atoms with Crippen molar-refractivity contribution in [2.75, 3.05) is 25.6 Å². The molecule has 0 radical (unpaired) electrons. The molecule has 3 rings (SSSR count). The van der Waals surface area contributed by atoms with Crippen molar-refractivity contribution >= 4 is 39.2 Å². The fourth-order valence-corrected chi connectivity index (χ4v) is 10.4. The Bertz CT molecular complexity index is 2170. The number of carbonyl (C=O) groups is 3. The molecule has 0 aliphatic carbocycles. The number of hydrogen-bond donors (Lipinski definition) is 7. The van der Waals surface area contributed by atoms with Crippen molar-refractivity contribution in [3.05, 3.63) is 83.5 Å². The minimum Gasteiger partial charge on any atom is -0.462 e. The summed E-state index contributed by atoms with van der Waals surface area (Å²) in [5.41, 5.74) is 4.75. The van der Waals surface area contributed by atoms with Crippen molar-refractivity contribution in [1.82, 2.24) is 9.55 Å². The third-order valence-corrected chi connectivity index (χ3v) is 15.1. The van der Waals surface area contributed by atoms with Crippen LogP contribution in [0.2, 0.25) is 0 Å². The Morgan fingerprint density at radius 3 is 2.17 bits per heavy atom. The molecule has 2 aliphatic heterocycles. The average Bonchev–Trinajstić information content (AvgIpc) is 3.35. The number of nitrogens with two attached hydrogens (primary N) is 1. The number of phosphoric acid groups is 2. The molecule has 2 fully saturated rings. The number of nitrogen functional groups attached to an aromatic ring is 1. The number of nitrogens with zero attached hydrogens (tertiary/aromatic N) is 2. The lowest BCUT2D eigenvalue weighted by Gasteiger charge is -2.38. The second-order valence-corrected chi connectivity index (χ2v) is 21.8. The monoisotopic (exact) mass is 1100 g/mol. The minimum absolute atomic E-state index is 0.00786. The number of ketones is 1. The lowest BCUT2D eigenvalue weighted by Crippen LogP contribution is -2.51. The Morgan fingerprint density at radius 2 is 1.49 bits per heavy atom. The summed E-state index contributed by atoms with van der Waals surface area (Å²) in [5, 5.41) is 45.6. The SMILES string of the molecule is CC/C=C\C/C=C\C/C=C\C/C=C\CCCCCCC(=O)O[C@@H]1COC(=O)CCCCCC[C@H]2C(=O)C[C@@H](O)[C@H](/C=C/[C@@H](O)CCCCC)[C@H](O)[C@H](O)[C@@H](COP(=O)(O)OP(=O)(O)OC1)O[C@H]2n1ccc(N)nc1=O. The molecule has 75 heavy (non-hydrogen) atoms. The Kier molecular flexibility index (Phi) is 31.5. The first-order chi connectivity index (χ1) is 35.9. The highest BCUT2D eigenvalue weighted by atomic mass is 31.3. The van der Waals surface area contributed by atoms with E-state index in [4.69, 9.17) is 29.0 Å². The van der Waals surface area contributed by atoms with E-state index in [1.807, 2.05) is 6.92 Å². The van der Waals surface area contributed by atoms with Gasteiger partial charge in [-0.15, -0.1) is 0 Å². The highest BCUT2D eigenvalue weighted by Gasteiger charge is 2.45. The molecule has 21 nitrogen and oxygen atoms in total. The van der Waals surface area contributed by atoms with Gasteiger partial charge in [0.25, 0.3) is 0 Å². The van der Waals surface area contributed by atoms with Crippen molar-refractivity contribution in [3.8, 4) is 0 Å². The fraction of sp³-hybridized carbons (Fsp3) is 0.673. The number of rotatable bonds is 22. The van der Waals surface area contributed by atoms with E-state index in [2.05, 4.69) is 64.8 Å². The first-order valence-electron chi connectivity index (χ1n) is 26.4. The van der Waals surface area contributed by atoms with Gasteiger partial charge in [-0.1, -0.05) is 126 Å². The highest BCUT2D eigenvalue weighted by Crippen LogP contribution is 2.60. The number of anilines is 1. The van der Waals surface area contributed by atoms with Crippen LogP contribution in [0.5, 0.6) is 0 Å². The molecule has 424 valence electrons. The van der Waals surface area contributed by atoms with Gasteiger partial charge in [-0.05, 0) is 70.3 Å². The summed E-state index contributed by atoms with van der Waals surface area (Å²) in [6.07, 6.45) is 19.8.